The molecule has 0 amide bonds. The summed E-state index contributed by atoms with van der Waals surface area (Å²) in [4.78, 5) is 2.68. The van der Waals surface area contributed by atoms with Crippen LogP contribution in [0.25, 0.3) is 53.2 Å². The van der Waals surface area contributed by atoms with Crippen molar-refractivity contribution in [2.24, 2.45) is 0 Å². The number of hydrogen-bond donors (Lipinski definition) is 0. The molecule has 1 heteroatoms. The summed E-state index contributed by atoms with van der Waals surface area (Å²) in [5.74, 6) is 0. The van der Waals surface area contributed by atoms with Crippen LogP contribution in [-0.4, -0.2) is 0 Å². The highest BCUT2D eigenvalue weighted by molar-refractivity contribution is 7.18. The van der Waals surface area contributed by atoms with Crippen LogP contribution in [0.5, 0.6) is 0 Å². The van der Waals surface area contributed by atoms with Gasteiger partial charge in [0, 0.05) is 9.75 Å². The SMILES string of the molecule is CCCCc1c2ccccc2c(CCCC)c2cc(-c3ccc(-c4cccc5ccccc45)s3)ccc12. The summed E-state index contributed by atoms with van der Waals surface area (Å²) in [6, 6.07) is 36.3. The van der Waals surface area contributed by atoms with E-state index in [0.29, 0.717) is 0 Å². The zero-order valence-electron chi connectivity index (χ0n) is 21.9. The highest BCUT2D eigenvalue weighted by Gasteiger charge is 2.15. The number of rotatable bonds is 8. The lowest BCUT2D eigenvalue weighted by molar-refractivity contribution is 0.797. The molecule has 1 heterocycles. The normalized spacial score (nSPS) is 11.6. The van der Waals surface area contributed by atoms with E-state index in [1.165, 1.54) is 90.0 Å². The van der Waals surface area contributed by atoms with Crippen LogP contribution in [0.4, 0.5) is 0 Å². The minimum Gasteiger partial charge on any atom is -0.135 e. The minimum absolute atomic E-state index is 1.14. The molecule has 184 valence electrons. The van der Waals surface area contributed by atoms with Gasteiger partial charge in [-0.15, -0.1) is 11.3 Å². The van der Waals surface area contributed by atoms with E-state index in [-0.39, 0.29) is 0 Å². The van der Waals surface area contributed by atoms with Gasteiger partial charge >= 0.3 is 0 Å². The van der Waals surface area contributed by atoms with Gasteiger partial charge in [0.15, 0.2) is 0 Å². The fraction of sp³-hybridized carbons (Fsp3) is 0.222. The van der Waals surface area contributed by atoms with E-state index in [1.807, 2.05) is 11.3 Å². The van der Waals surface area contributed by atoms with Gasteiger partial charge < -0.3 is 0 Å². The van der Waals surface area contributed by atoms with E-state index in [9.17, 15) is 0 Å². The van der Waals surface area contributed by atoms with Crippen molar-refractivity contribution in [1.82, 2.24) is 0 Å². The van der Waals surface area contributed by atoms with Gasteiger partial charge in [0.1, 0.15) is 0 Å². The van der Waals surface area contributed by atoms with E-state index in [4.69, 9.17) is 0 Å². The second-order valence-electron chi connectivity index (χ2n) is 10.2. The Morgan fingerprint density at radius 1 is 0.514 bits per heavy atom. The predicted molar refractivity (Wildman–Crippen MR) is 165 cm³/mol. The summed E-state index contributed by atoms with van der Waals surface area (Å²) in [5.41, 5.74) is 5.72. The van der Waals surface area contributed by atoms with Crippen molar-refractivity contribution < 1.29 is 0 Å². The molecule has 0 aliphatic heterocycles. The third-order valence-corrected chi connectivity index (χ3v) is 8.92. The van der Waals surface area contributed by atoms with Crippen LogP contribution in [0, 0.1) is 0 Å². The molecule has 0 saturated heterocycles. The van der Waals surface area contributed by atoms with Crippen molar-refractivity contribution in [2.75, 3.05) is 0 Å². The van der Waals surface area contributed by atoms with Crippen LogP contribution < -0.4 is 0 Å². The summed E-state index contributed by atoms with van der Waals surface area (Å²) in [5, 5.41) is 8.44. The molecule has 6 rings (SSSR count). The molecule has 0 fully saturated rings. The Bertz CT molecular complexity index is 1700. The molecular formula is C36H34S. The summed E-state index contributed by atoms with van der Waals surface area (Å²) >= 11 is 1.91. The molecule has 0 nitrogen and oxygen atoms in total. The second-order valence-corrected chi connectivity index (χ2v) is 11.2. The van der Waals surface area contributed by atoms with Crippen LogP contribution in [0.2, 0.25) is 0 Å². The summed E-state index contributed by atoms with van der Waals surface area (Å²) in [6.07, 6.45) is 7.17. The van der Waals surface area contributed by atoms with E-state index < -0.39 is 0 Å². The zero-order chi connectivity index (χ0) is 25.2. The molecule has 0 saturated carbocycles. The monoisotopic (exact) mass is 498 g/mol. The molecule has 37 heavy (non-hydrogen) atoms. The molecule has 0 aliphatic carbocycles. The number of benzene rings is 5. The average molecular weight is 499 g/mol. The number of thiophene rings is 1. The Labute approximate surface area is 224 Å². The lowest BCUT2D eigenvalue weighted by Gasteiger charge is -2.18. The average Bonchev–Trinajstić information content (AvgIpc) is 3.44. The largest absolute Gasteiger partial charge is 0.135 e. The van der Waals surface area contributed by atoms with E-state index in [2.05, 4.69) is 111 Å². The first-order valence-electron chi connectivity index (χ1n) is 13.8. The molecule has 1 aromatic heterocycles. The quantitative estimate of drug-likeness (QED) is 0.183. The molecule has 0 aliphatic rings. The van der Waals surface area contributed by atoms with Crippen LogP contribution in [0.3, 0.4) is 0 Å². The Morgan fingerprint density at radius 2 is 1.11 bits per heavy atom. The van der Waals surface area contributed by atoms with Gasteiger partial charge in [-0.2, -0.15) is 0 Å². The highest BCUT2D eigenvalue weighted by atomic mass is 32.1. The lowest BCUT2D eigenvalue weighted by atomic mass is 9.87. The van der Waals surface area contributed by atoms with Crippen molar-refractivity contribution in [3.05, 3.63) is 108 Å². The van der Waals surface area contributed by atoms with E-state index >= 15 is 0 Å². The summed E-state index contributed by atoms with van der Waals surface area (Å²) < 4.78 is 0. The van der Waals surface area contributed by atoms with Crippen LogP contribution >= 0.6 is 11.3 Å². The first kappa shape index (κ1) is 23.9. The van der Waals surface area contributed by atoms with Gasteiger partial charge in [0.2, 0.25) is 0 Å². The number of aryl methyl sites for hydroxylation is 2. The molecular weight excluding hydrogens is 464 g/mol. The van der Waals surface area contributed by atoms with E-state index in [1.54, 1.807) is 0 Å². The molecule has 0 bridgehead atoms. The fourth-order valence-electron chi connectivity index (χ4n) is 5.83. The lowest BCUT2D eigenvalue weighted by Crippen LogP contribution is -1.97. The van der Waals surface area contributed by atoms with Crippen molar-refractivity contribution in [1.29, 1.82) is 0 Å². The summed E-state index contributed by atoms with van der Waals surface area (Å²) in [6.45, 7) is 4.59. The first-order chi connectivity index (χ1) is 18.3. The zero-order valence-corrected chi connectivity index (χ0v) is 22.7. The molecule has 5 aromatic carbocycles. The van der Waals surface area contributed by atoms with Crippen molar-refractivity contribution in [3.8, 4) is 20.9 Å². The maximum absolute atomic E-state index is 2.49. The highest BCUT2D eigenvalue weighted by Crippen LogP contribution is 2.41. The molecule has 6 aromatic rings. The van der Waals surface area contributed by atoms with Crippen LogP contribution in [0.1, 0.15) is 50.7 Å². The molecule has 0 atom stereocenters. The third kappa shape index (κ3) is 4.47. The maximum atomic E-state index is 2.49. The van der Waals surface area contributed by atoms with Gasteiger partial charge in [0.05, 0.1) is 0 Å². The van der Waals surface area contributed by atoms with Crippen LogP contribution in [-0.2, 0) is 12.8 Å². The maximum Gasteiger partial charge on any atom is 0.0355 e. The Balaban J connectivity index is 1.51. The smallest absolute Gasteiger partial charge is 0.0355 e. The Hall–Kier alpha value is -3.42. The molecule has 0 radical (unpaired) electrons. The van der Waals surface area contributed by atoms with Gasteiger partial charge in [-0.05, 0) is 98.5 Å². The minimum atomic E-state index is 1.14. The number of unbranched alkanes of at least 4 members (excludes halogenated alkanes) is 2. The van der Waals surface area contributed by atoms with Gasteiger partial charge in [-0.1, -0.05) is 106 Å². The fourth-order valence-corrected chi connectivity index (χ4v) is 6.88. The Kier molecular flexibility index (Phi) is 6.81. The van der Waals surface area contributed by atoms with Crippen LogP contribution in [0.15, 0.2) is 97.1 Å². The third-order valence-electron chi connectivity index (χ3n) is 7.75. The Morgan fingerprint density at radius 3 is 1.84 bits per heavy atom. The predicted octanol–water partition coefficient (Wildman–Crippen LogP) is 11.2. The van der Waals surface area contributed by atoms with Crippen molar-refractivity contribution in [2.45, 2.75) is 52.4 Å². The van der Waals surface area contributed by atoms with Crippen molar-refractivity contribution in [3.63, 3.8) is 0 Å². The van der Waals surface area contributed by atoms with Gasteiger partial charge in [0.25, 0.3) is 0 Å². The molecule has 0 N–H and O–H groups in total. The summed E-state index contributed by atoms with van der Waals surface area (Å²) in [7, 11) is 0. The molecule has 0 unspecified atom stereocenters. The van der Waals surface area contributed by atoms with E-state index in [0.717, 1.165) is 12.8 Å². The van der Waals surface area contributed by atoms with Crippen molar-refractivity contribution >= 4 is 43.7 Å². The number of fused-ring (bicyclic) bond motifs is 3. The standard InChI is InChI=1S/C36H34S/c1-3-5-14-28-29-17-9-10-18-30(29)31(15-6-4-2)34-24-26(20-21-32(28)34)35-22-23-36(37-35)33-19-11-13-25-12-7-8-16-27(25)33/h7-13,16-24H,3-6,14-15H2,1-2H3. The number of hydrogen-bond acceptors (Lipinski definition) is 1. The topological polar surface area (TPSA) is 0 Å². The van der Waals surface area contributed by atoms with Gasteiger partial charge in [-0.25, -0.2) is 0 Å². The second kappa shape index (κ2) is 10.5. The first-order valence-corrected chi connectivity index (χ1v) is 14.6. The molecule has 0 spiro atoms. The van der Waals surface area contributed by atoms with Gasteiger partial charge in [-0.3, -0.25) is 0 Å².